The second-order valence-corrected chi connectivity index (χ2v) is 7.88. The highest BCUT2D eigenvalue weighted by Gasteiger charge is 2.55. The number of fused-ring (bicyclic) bond motifs is 1. The molecule has 3 amide bonds. The minimum atomic E-state index is -0.971. The SMILES string of the molecule is Cc1ccc(N2C(=O)[C@H]3N=NN(CC(=O)NCc4ccc(Cl)cc4)[C@H]3C2=O)cc1Cl. The summed E-state index contributed by atoms with van der Waals surface area (Å²) in [5.41, 5.74) is 2.08. The van der Waals surface area contributed by atoms with Crippen molar-refractivity contribution in [1.82, 2.24) is 10.3 Å². The number of halogens is 2. The number of rotatable bonds is 5. The summed E-state index contributed by atoms with van der Waals surface area (Å²) in [5.74, 6) is -1.32. The highest BCUT2D eigenvalue weighted by Crippen LogP contribution is 2.33. The zero-order valence-corrected chi connectivity index (χ0v) is 17.4. The maximum atomic E-state index is 13.0. The molecule has 2 aromatic rings. The summed E-state index contributed by atoms with van der Waals surface area (Å²) in [7, 11) is 0. The molecule has 0 unspecified atom stereocenters. The van der Waals surface area contributed by atoms with Gasteiger partial charge in [0.15, 0.2) is 12.1 Å². The predicted octanol–water partition coefficient (Wildman–Crippen LogP) is 2.91. The van der Waals surface area contributed by atoms with E-state index in [1.165, 1.54) is 5.01 Å². The van der Waals surface area contributed by atoms with Crippen LogP contribution in [0.25, 0.3) is 0 Å². The van der Waals surface area contributed by atoms with Crippen molar-refractivity contribution in [2.45, 2.75) is 25.6 Å². The Bertz CT molecular complexity index is 1060. The molecular formula is C20H17Cl2N5O3. The van der Waals surface area contributed by atoms with E-state index in [1.54, 1.807) is 42.5 Å². The zero-order chi connectivity index (χ0) is 21.4. The first-order chi connectivity index (χ1) is 14.3. The highest BCUT2D eigenvalue weighted by molar-refractivity contribution is 6.32. The number of nitrogens with zero attached hydrogens (tertiary/aromatic N) is 4. The van der Waals surface area contributed by atoms with Crippen LogP contribution < -0.4 is 10.2 Å². The third-order valence-electron chi connectivity index (χ3n) is 4.98. The fourth-order valence-electron chi connectivity index (χ4n) is 3.34. The van der Waals surface area contributed by atoms with Crippen LogP contribution in [0.2, 0.25) is 10.0 Å². The molecule has 2 aliphatic heterocycles. The van der Waals surface area contributed by atoms with E-state index in [9.17, 15) is 14.4 Å². The van der Waals surface area contributed by atoms with E-state index in [4.69, 9.17) is 23.2 Å². The molecule has 2 aliphatic rings. The van der Waals surface area contributed by atoms with Crippen LogP contribution in [0.5, 0.6) is 0 Å². The van der Waals surface area contributed by atoms with E-state index in [0.29, 0.717) is 22.3 Å². The van der Waals surface area contributed by atoms with Crippen molar-refractivity contribution in [2.24, 2.45) is 10.3 Å². The van der Waals surface area contributed by atoms with Gasteiger partial charge in [0.2, 0.25) is 5.91 Å². The van der Waals surface area contributed by atoms with Gasteiger partial charge in [-0.05, 0) is 42.3 Å². The fourth-order valence-corrected chi connectivity index (χ4v) is 3.64. The topological polar surface area (TPSA) is 94.4 Å². The molecule has 0 aliphatic carbocycles. The molecule has 1 fully saturated rings. The van der Waals surface area contributed by atoms with Crippen LogP contribution in [0.15, 0.2) is 52.8 Å². The van der Waals surface area contributed by atoms with Gasteiger partial charge in [0.05, 0.1) is 5.69 Å². The molecule has 0 saturated carbocycles. The minimum absolute atomic E-state index is 0.195. The van der Waals surface area contributed by atoms with Crippen molar-refractivity contribution in [3.63, 3.8) is 0 Å². The number of imide groups is 1. The standard InChI is InChI=1S/C20H17Cl2N5O3/c1-11-2-7-14(8-15(11)22)27-19(29)17-18(20(27)30)26(25-24-17)10-16(28)23-9-12-3-5-13(21)6-4-12/h2-8,17-18H,9-10H2,1H3,(H,23,28)/t17-,18+/m0/s1. The van der Waals surface area contributed by atoms with Crippen molar-refractivity contribution in [2.75, 3.05) is 11.4 Å². The predicted molar refractivity (Wildman–Crippen MR) is 111 cm³/mol. The van der Waals surface area contributed by atoms with Crippen molar-refractivity contribution in [3.05, 3.63) is 63.6 Å². The Morgan fingerprint density at radius 2 is 1.83 bits per heavy atom. The van der Waals surface area contributed by atoms with Crippen LogP contribution in [-0.2, 0) is 20.9 Å². The number of hydrogen-bond donors (Lipinski definition) is 1. The highest BCUT2D eigenvalue weighted by atomic mass is 35.5. The van der Waals surface area contributed by atoms with Crippen molar-refractivity contribution < 1.29 is 14.4 Å². The van der Waals surface area contributed by atoms with E-state index in [-0.39, 0.29) is 12.5 Å². The first-order valence-corrected chi connectivity index (χ1v) is 9.93. The molecule has 2 aromatic carbocycles. The molecule has 154 valence electrons. The van der Waals surface area contributed by atoms with Gasteiger partial charge in [-0.2, -0.15) is 5.11 Å². The number of anilines is 1. The quantitative estimate of drug-likeness (QED) is 0.715. The summed E-state index contributed by atoms with van der Waals surface area (Å²) in [6.07, 6.45) is 0. The minimum Gasteiger partial charge on any atom is -0.350 e. The number of carbonyl (C=O) groups is 3. The lowest BCUT2D eigenvalue weighted by atomic mass is 10.1. The summed E-state index contributed by atoms with van der Waals surface area (Å²) in [6, 6.07) is 10.1. The number of carbonyl (C=O) groups excluding carboxylic acids is 3. The van der Waals surface area contributed by atoms with Crippen molar-refractivity contribution in [3.8, 4) is 0 Å². The van der Waals surface area contributed by atoms with Gasteiger partial charge in [0.1, 0.15) is 6.54 Å². The number of nitrogens with one attached hydrogen (secondary N) is 1. The lowest BCUT2D eigenvalue weighted by Crippen LogP contribution is -2.44. The molecule has 1 saturated heterocycles. The van der Waals surface area contributed by atoms with Crippen LogP contribution >= 0.6 is 23.2 Å². The van der Waals surface area contributed by atoms with Crippen LogP contribution in [0.4, 0.5) is 5.69 Å². The molecule has 0 radical (unpaired) electrons. The average molecular weight is 446 g/mol. The average Bonchev–Trinajstić information content (AvgIpc) is 3.23. The van der Waals surface area contributed by atoms with Crippen LogP contribution in [0.1, 0.15) is 11.1 Å². The Morgan fingerprint density at radius 3 is 2.53 bits per heavy atom. The maximum Gasteiger partial charge on any atom is 0.263 e. The van der Waals surface area contributed by atoms with E-state index in [1.807, 2.05) is 6.92 Å². The lowest BCUT2D eigenvalue weighted by Gasteiger charge is -2.20. The number of aryl methyl sites for hydroxylation is 1. The molecule has 30 heavy (non-hydrogen) atoms. The Labute approximate surface area is 182 Å². The molecule has 0 bridgehead atoms. The van der Waals surface area contributed by atoms with Crippen LogP contribution in [0.3, 0.4) is 0 Å². The lowest BCUT2D eigenvalue weighted by molar-refractivity contribution is -0.125. The molecule has 0 aromatic heterocycles. The van der Waals surface area contributed by atoms with Crippen molar-refractivity contribution in [1.29, 1.82) is 0 Å². The second kappa shape index (κ2) is 8.04. The van der Waals surface area contributed by atoms with Crippen LogP contribution in [-0.4, -0.2) is 41.4 Å². The Morgan fingerprint density at radius 1 is 1.10 bits per heavy atom. The number of benzene rings is 2. The monoisotopic (exact) mass is 445 g/mol. The van der Waals surface area contributed by atoms with Crippen molar-refractivity contribution >= 4 is 46.6 Å². The first kappa shape index (κ1) is 20.3. The summed E-state index contributed by atoms with van der Waals surface area (Å²) in [6.45, 7) is 1.93. The van der Waals surface area contributed by atoms with Gasteiger partial charge in [0, 0.05) is 16.6 Å². The summed E-state index contributed by atoms with van der Waals surface area (Å²) in [4.78, 5) is 39.1. The first-order valence-electron chi connectivity index (χ1n) is 9.17. The molecule has 2 heterocycles. The summed E-state index contributed by atoms with van der Waals surface area (Å²) in [5, 5.41) is 12.9. The van der Waals surface area contributed by atoms with Gasteiger partial charge in [-0.15, -0.1) is 0 Å². The van der Waals surface area contributed by atoms with Gasteiger partial charge in [-0.3, -0.25) is 19.4 Å². The second-order valence-electron chi connectivity index (χ2n) is 7.04. The molecule has 8 nitrogen and oxygen atoms in total. The van der Waals surface area contributed by atoms with Gasteiger partial charge in [0.25, 0.3) is 11.8 Å². The normalized spacial score (nSPS) is 20.1. The number of amides is 3. The fraction of sp³-hybridized carbons (Fsp3) is 0.250. The Hall–Kier alpha value is -2.97. The third-order valence-corrected chi connectivity index (χ3v) is 5.64. The van der Waals surface area contributed by atoms with Gasteiger partial charge in [-0.25, -0.2) is 4.90 Å². The van der Waals surface area contributed by atoms with E-state index in [0.717, 1.165) is 16.0 Å². The zero-order valence-electron chi connectivity index (χ0n) is 15.9. The van der Waals surface area contributed by atoms with Gasteiger partial charge >= 0.3 is 0 Å². The molecule has 0 spiro atoms. The smallest absolute Gasteiger partial charge is 0.263 e. The van der Waals surface area contributed by atoms with Gasteiger partial charge in [-0.1, -0.05) is 46.6 Å². The van der Waals surface area contributed by atoms with Crippen LogP contribution in [0, 0.1) is 6.92 Å². The third kappa shape index (κ3) is 3.76. The molecule has 10 heteroatoms. The largest absolute Gasteiger partial charge is 0.350 e. The summed E-state index contributed by atoms with van der Waals surface area (Å²) >= 11 is 12.0. The summed E-state index contributed by atoms with van der Waals surface area (Å²) < 4.78 is 0. The van der Waals surface area contributed by atoms with E-state index in [2.05, 4.69) is 15.7 Å². The number of hydrogen-bond acceptors (Lipinski definition) is 6. The maximum absolute atomic E-state index is 13.0. The Kier molecular flexibility index (Phi) is 5.44. The Balaban J connectivity index is 1.43. The molecule has 2 atom stereocenters. The molecule has 1 N–H and O–H groups in total. The van der Waals surface area contributed by atoms with E-state index < -0.39 is 23.9 Å². The molecule has 4 rings (SSSR count). The van der Waals surface area contributed by atoms with E-state index >= 15 is 0 Å². The van der Waals surface area contributed by atoms with Gasteiger partial charge < -0.3 is 5.32 Å². The molecular weight excluding hydrogens is 429 g/mol.